The van der Waals surface area contributed by atoms with Gasteiger partial charge in [-0.25, -0.2) is 0 Å². The zero-order chi connectivity index (χ0) is 12.4. The van der Waals surface area contributed by atoms with Crippen molar-refractivity contribution in [1.82, 2.24) is 5.32 Å². The molecule has 5 heteroatoms. The van der Waals surface area contributed by atoms with E-state index in [1.54, 1.807) is 11.3 Å². The molecular weight excluding hydrogens is 322 g/mol. The Kier molecular flexibility index (Phi) is 4.89. The van der Waals surface area contributed by atoms with E-state index in [-0.39, 0.29) is 0 Å². The average molecular weight is 339 g/mol. The van der Waals surface area contributed by atoms with Crippen molar-refractivity contribution in [3.63, 3.8) is 0 Å². The molecule has 1 saturated heterocycles. The summed E-state index contributed by atoms with van der Waals surface area (Å²) >= 11 is 11.2. The third kappa shape index (κ3) is 2.87. The molecule has 1 fully saturated rings. The number of halogens is 2. The van der Waals surface area contributed by atoms with Crippen LogP contribution in [0, 0.1) is 5.92 Å². The minimum Gasteiger partial charge on any atom is -0.378 e. The summed E-state index contributed by atoms with van der Waals surface area (Å²) in [4.78, 5) is 1.29. The summed E-state index contributed by atoms with van der Waals surface area (Å²) in [5.41, 5.74) is 0. The Balaban J connectivity index is 2.20. The molecule has 1 N–H and O–H groups in total. The Labute approximate surface area is 120 Å². The number of hydrogen-bond acceptors (Lipinski definition) is 3. The van der Waals surface area contributed by atoms with Gasteiger partial charge in [0.05, 0.1) is 6.10 Å². The fraction of sp³-hybridized carbons (Fsp3) is 0.667. The van der Waals surface area contributed by atoms with Gasteiger partial charge < -0.3 is 10.1 Å². The van der Waals surface area contributed by atoms with E-state index in [0.717, 1.165) is 28.3 Å². The van der Waals surface area contributed by atoms with Crippen LogP contribution in [0.25, 0.3) is 0 Å². The molecule has 17 heavy (non-hydrogen) atoms. The zero-order valence-corrected chi connectivity index (χ0v) is 13.2. The molecule has 1 aromatic heterocycles. The summed E-state index contributed by atoms with van der Waals surface area (Å²) in [6, 6.07) is 2.47. The second-order valence-electron chi connectivity index (χ2n) is 4.31. The van der Waals surface area contributed by atoms with Gasteiger partial charge in [0.15, 0.2) is 0 Å². The van der Waals surface area contributed by atoms with Crippen LogP contribution < -0.4 is 5.32 Å². The average Bonchev–Trinajstić information content (AvgIpc) is 2.89. The van der Waals surface area contributed by atoms with E-state index >= 15 is 0 Å². The smallest absolute Gasteiger partial charge is 0.107 e. The fourth-order valence-electron chi connectivity index (χ4n) is 2.55. The van der Waals surface area contributed by atoms with Crippen LogP contribution in [0.3, 0.4) is 0 Å². The summed E-state index contributed by atoms with van der Waals surface area (Å²) in [6.07, 6.45) is 2.56. The SMILES string of the molecule is CCC1OCCC1C(NC)c1cc(Br)c(Cl)s1. The highest BCUT2D eigenvalue weighted by atomic mass is 79.9. The number of thiophene rings is 1. The van der Waals surface area contributed by atoms with E-state index in [1.165, 1.54) is 4.88 Å². The van der Waals surface area contributed by atoms with Gasteiger partial charge in [0, 0.05) is 27.9 Å². The van der Waals surface area contributed by atoms with Crippen molar-refractivity contribution in [1.29, 1.82) is 0 Å². The minimum atomic E-state index is 0.344. The molecule has 1 aromatic rings. The Morgan fingerprint density at radius 1 is 1.71 bits per heavy atom. The van der Waals surface area contributed by atoms with Crippen LogP contribution in [0.4, 0.5) is 0 Å². The molecule has 0 spiro atoms. The molecule has 1 aliphatic rings. The zero-order valence-electron chi connectivity index (χ0n) is 10.0. The second kappa shape index (κ2) is 6.02. The maximum Gasteiger partial charge on any atom is 0.107 e. The monoisotopic (exact) mass is 337 g/mol. The second-order valence-corrected chi connectivity index (χ2v) is 6.85. The largest absolute Gasteiger partial charge is 0.378 e. The van der Waals surface area contributed by atoms with Gasteiger partial charge in [-0.05, 0) is 41.9 Å². The molecule has 0 radical (unpaired) electrons. The normalized spacial score (nSPS) is 26.4. The lowest BCUT2D eigenvalue weighted by atomic mass is 9.90. The Morgan fingerprint density at radius 3 is 3.00 bits per heavy atom. The molecule has 0 bridgehead atoms. The van der Waals surface area contributed by atoms with Gasteiger partial charge in [-0.2, -0.15) is 0 Å². The number of hydrogen-bond donors (Lipinski definition) is 1. The van der Waals surface area contributed by atoms with E-state index in [1.807, 2.05) is 7.05 Å². The predicted octanol–water partition coefficient (Wildman–Crippen LogP) is 4.24. The van der Waals surface area contributed by atoms with Crippen molar-refractivity contribution in [2.24, 2.45) is 5.92 Å². The summed E-state index contributed by atoms with van der Waals surface area (Å²) in [5, 5.41) is 3.42. The predicted molar refractivity (Wildman–Crippen MR) is 77.0 cm³/mol. The third-order valence-corrected chi connectivity index (χ3v) is 5.93. The molecule has 0 aromatic carbocycles. The lowest BCUT2D eigenvalue weighted by molar-refractivity contribution is 0.0786. The first-order chi connectivity index (χ1) is 8.17. The number of nitrogens with one attached hydrogen (secondary N) is 1. The quantitative estimate of drug-likeness (QED) is 0.886. The van der Waals surface area contributed by atoms with Crippen molar-refractivity contribution in [2.75, 3.05) is 13.7 Å². The molecule has 0 saturated carbocycles. The summed E-state index contributed by atoms with van der Waals surface area (Å²) in [7, 11) is 2.01. The van der Waals surface area contributed by atoms with Gasteiger partial charge in [0.25, 0.3) is 0 Å². The van der Waals surface area contributed by atoms with Gasteiger partial charge >= 0.3 is 0 Å². The Morgan fingerprint density at radius 2 is 2.47 bits per heavy atom. The molecule has 2 nitrogen and oxygen atoms in total. The van der Waals surface area contributed by atoms with E-state index in [4.69, 9.17) is 16.3 Å². The first-order valence-corrected chi connectivity index (χ1v) is 7.89. The maximum absolute atomic E-state index is 6.12. The molecule has 96 valence electrons. The molecule has 2 rings (SSSR count). The van der Waals surface area contributed by atoms with Crippen molar-refractivity contribution in [2.45, 2.75) is 31.9 Å². The highest BCUT2D eigenvalue weighted by molar-refractivity contribution is 9.10. The Bertz CT molecular complexity index is 365. The molecular formula is C12H17BrClNOS. The summed E-state index contributed by atoms with van der Waals surface area (Å²) < 4.78 is 7.59. The highest BCUT2D eigenvalue weighted by Gasteiger charge is 2.34. The molecule has 0 aliphatic carbocycles. The standard InChI is InChI=1S/C12H17BrClNOS/c1-3-9-7(4-5-16-9)11(15-2)10-6-8(13)12(14)17-10/h6-7,9,11,15H,3-5H2,1-2H3. The topological polar surface area (TPSA) is 21.3 Å². The van der Waals surface area contributed by atoms with Gasteiger partial charge in [0.1, 0.15) is 4.34 Å². The van der Waals surface area contributed by atoms with Gasteiger partial charge in [-0.3, -0.25) is 0 Å². The van der Waals surface area contributed by atoms with Crippen LogP contribution >= 0.6 is 38.9 Å². The van der Waals surface area contributed by atoms with Crippen LogP contribution in [-0.2, 0) is 4.74 Å². The van der Waals surface area contributed by atoms with Crippen molar-refractivity contribution < 1.29 is 4.74 Å². The van der Waals surface area contributed by atoms with Gasteiger partial charge in [-0.15, -0.1) is 11.3 Å². The van der Waals surface area contributed by atoms with E-state index in [0.29, 0.717) is 18.1 Å². The van der Waals surface area contributed by atoms with Crippen LogP contribution in [0.1, 0.15) is 30.7 Å². The molecule has 1 aliphatic heterocycles. The molecule has 3 unspecified atom stereocenters. The lowest BCUT2D eigenvalue weighted by Gasteiger charge is -2.25. The van der Waals surface area contributed by atoms with E-state index in [2.05, 4.69) is 34.2 Å². The number of ether oxygens (including phenoxy) is 1. The van der Waals surface area contributed by atoms with Gasteiger partial charge in [0.2, 0.25) is 0 Å². The lowest BCUT2D eigenvalue weighted by Crippen LogP contribution is -2.30. The van der Waals surface area contributed by atoms with Crippen LogP contribution in [0.2, 0.25) is 4.34 Å². The Hall–Kier alpha value is 0.390. The first kappa shape index (κ1) is 13.8. The van der Waals surface area contributed by atoms with Crippen LogP contribution in [-0.4, -0.2) is 19.8 Å². The van der Waals surface area contributed by atoms with Gasteiger partial charge in [-0.1, -0.05) is 18.5 Å². The maximum atomic E-state index is 6.12. The van der Waals surface area contributed by atoms with Crippen molar-refractivity contribution in [3.8, 4) is 0 Å². The number of rotatable bonds is 4. The van der Waals surface area contributed by atoms with Crippen LogP contribution in [0.5, 0.6) is 0 Å². The molecule has 3 atom stereocenters. The van der Waals surface area contributed by atoms with E-state index in [9.17, 15) is 0 Å². The summed E-state index contributed by atoms with van der Waals surface area (Å²) in [6.45, 7) is 3.06. The third-order valence-electron chi connectivity index (χ3n) is 3.37. The van der Waals surface area contributed by atoms with Crippen molar-refractivity contribution >= 4 is 38.9 Å². The highest BCUT2D eigenvalue weighted by Crippen LogP contribution is 2.41. The first-order valence-electron chi connectivity index (χ1n) is 5.91. The van der Waals surface area contributed by atoms with Crippen LogP contribution in [0.15, 0.2) is 10.5 Å². The minimum absolute atomic E-state index is 0.344. The van der Waals surface area contributed by atoms with E-state index < -0.39 is 0 Å². The summed E-state index contributed by atoms with van der Waals surface area (Å²) in [5.74, 6) is 0.548. The fourth-order valence-corrected chi connectivity index (χ4v) is 4.47. The molecule has 0 amide bonds. The van der Waals surface area contributed by atoms with Crippen molar-refractivity contribution in [3.05, 3.63) is 19.8 Å². The molecule has 2 heterocycles.